The molecule has 0 saturated heterocycles. The molecular formula is C29H28N4O4. The second-order valence-corrected chi connectivity index (χ2v) is 8.84. The predicted octanol–water partition coefficient (Wildman–Crippen LogP) is 4.75. The highest BCUT2D eigenvalue weighted by atomic mass is 16.4. The maximum absolute atomic E-state index is 13.4. The highest BCUT2D eigenvalue weighted by Crippen LogP contribution is 2.27. The van der Waals surface area contributed by atoms with Crippen molar-refractivity contribution in [1.29, 1.82) is 0 Å². The molecule has 0 fully saturated rings. The molecule has 0 bridgehead atoms. The summed E-state index contributed by atoms with van der Waals surface area (Å²) in [7, 11) is 1.71. The normalized spacial score (nSPS) is 12.2. The summed E-state index contributed by atoms with van der Waals surface area (Å²) in [6, 6.07) is 22.6. The molecule has 8 nitrogen and oxygen atoms in total. The number of fused-ring (bicyclic) bond motifs is 1. The van der Waals surface area contributed by atoms with Crippen molar-refractivity contribution >= 4 is 40.4 Å². The number of hydrogen-bond acceptors (Lipinski definition) is 4. The zero-order valence-electron chi connectivity index (χ0n) is 20.7. The second-order valence-electron chi connectivity index (χ2n) is 8.84. The minimum atomic E-state index is -1.13. The topological polar surface area (TPSA) is 105 Å². The lowest BCUT2D eigenvalue weighted by molar-refractivity contribution is -0.121. The van der Waals surface area contributed by atoms with Crippen LogP contribution < -0.4 is 10.2 Å². The van der Waals surface area contributed by atoms with Crippen molar-refractivity contribution in [3.05, 3.63) is 102 Å². The number of rotatable bonds is 8. The van der Waals surface area contributed by atoms with Crippen LogP contribution in [0, 0.1) is 0 Å². The van der Waals surface area contributed by atoms with Crippen molar-refractivity contribution < 1.29 is 19.5 Å². The quantitative estimate of drug-likeness (QED) is 0.343. The number of carboxylic acid groups (broad SMARTS) is 1. The largest absolute Gasteiger partial charge is 0.464 e. The molecule has 37 heavy (non-hydrogen) atoms. The van der Waals surface area contributed by atoms with E-state index in [1.807, 2.05) is 79.7 Å². The maximum atomic E-state index is 13.4. The lowest BCUT2D eigenvalue weighted by Gasteiger charge is -2.21. The molecule has 1 atom stereocenters. The Morgan fingerprint density at radius 1 is 1.03 bits per heavy atom. The SMILES string of the molecule is C[C@H](Cc1cn(C(=O)O)cn1)NC(=O)C(=Cc1ccccc1)CC(=O)N(C)c1cccc2ccccc12. The first-order chi connectivity index (χ1) is 17.8. The highest BCUT2D eigenvalue weighted by molar-refractivity contribution is 6.08. The molecule has 0 aliphatic rings. The van der Waals surface area contributed by atoms with Crippen molar-refractivity contribution in [3.8, 4) is 0 Å². The van der Waals surface area contributed by atoms with E-state index >= 15 is 0 Å². The van der Waals surface area contributed by atoms with Crippen LogP contribution in [-0.4, -0.2) is 45.7 Å². The Morgan fingerprint density at radius 2 is 1.73 bits per heavy atom. The molecule has 2 amide bonds. The Hall–Kier alpha value is -4.72. The number of imidazole rings is 1. The van der Waals surface area contributed by atoms with Crippen molar-refractivity contribution in [1.82, 2.24) is 14.9 Å². The first kappa shape index (κ1) is 25.4. The number of carbonyl (C=O) groups excluding carboxylic acids is 2. The lowest BCUT2D eigenvalue weighted by Crippen LogP contribution is -2.37. The number of anilines is 1. The Balaban J connectivity index is 1.53. The fraction of sp³-hybridized carbons (Fsp3) is 0.172. The Morgan fingerprint density at radius 3 is 2.46 bits per heavy atom. The second kappa shape index (κ2) is 11.3. The van der Waals surface area contributed by atoms with Gasteiger partial charge in [-0.1, -0.05) is 66.7 Å². The van der Waals surface area contributed by atoms with E-state index in [1.165, 1.54) is 12.5 Å². The predicted molar refractivity (Wildman–Crippen MR) is 143 cm³/mol. The summed E-state index contributed by atoms with van der Waals surface area (Å²) in [4.78, 5) is 43.4. The minimum absolute atomic E-state index is 0.0964. The fourth-order valence-electron chi connectivity index (χ4n) is 4.12. The first-order valence-electron chi connectivity index (χ1n) is 11.9. The molecule has 4 aromatic rings. The number of hydrogen-bond donors (Lipinski definition) is 2. The first-order valence-corrected chi connectivity index (χ1v) is 11.9. The van der Waals surface area contributed by atoms with Gasteiger partial charge in [-0.25, -0.2) is 14.3 Å². The number of aromatic nitrogens is 2. The molecule has 0 radical (unpaired) electrons. The van der Waals surface area contributed by atoms with E-state index < -0.39 is 6.09 Å². The molecule has 1 heterocycles. The summed E-state index contributed by atoms with van der Waals surface area (Å²) in [6.45, 7) is 1.81. The van der Waals surface area contributed by atoms with E-state index in [0.717, 1.165) is 26.6 Å². The van der Waals surface area contributed by atoms with E-state index in [2.05, 4.69) is 10.3 Å². The van der Waals surface area contributed by atoms with Crippen LogP contribution in [0.15, 0.2) is 90.9 Å². The molecule has 4 rings (SSSR count). The number of benzene rings is 3. The van der Waals surface area contributed by atoms with E-state index in [9.17, 15) is 14.4 Å². The standard InChI is InChI=1S/C29H28N4O4/c1-20(15-24-18-33(19-30-24)29(36)37)31-28(35)23(16-21-9-4-3-5-10-21)17-27(34)32(2)26-14-8-12-22-11-6-7-13-25(22)26/h3-14,16,18-20H,15,17H2,1-2H3,(H,31,35)(H,36,37)/t20-/m1/s1. The fourth-order valence-corrected chi connectivity index (χ4v) is 4.12. The third kappa shape index (κ3) is 6.29. The van der Waals surface area contributed by atoms with Gasteiger partial charge >= 0.3 is 6.09 Å². The van der Waals surface area contributed by atoms with E-state index in [4.69, 9.17) is 5.11 Å². The Bertz CT molecular complexity index is 1450. The zero-order valence-corrected chi connectivity index (χ0v) is 20.7. The monoisotopic (exact) mass is 496 g/mol. The Labute approximate surface area is 214 Å². The Kier molecular flexibility index (Phi) is 7.78. The highest BCUT2D eigenvalue weighted by Gasteiger charge is 2.21. The number of amides is 2. The summed E-state index contributed by atoms with van der Waals surface area (Å²) in [5, 5.41) is 14.0. The van der Waals surface area contributed by atoms with Crippen LogP contribution >= 0.6 is 0 Å². The van der Waals surface area contributed by atoms with E-state index in [1.54, 1.807) is 18.0 Å². The van der Waals surface area contributed by atoms with Gasteiger partial charge < -0.3 is 15.3 Å². The average Bonchev–Trinajstić information content (AvgIpc) is 3.36. The molecule has 0 aliphatic heterocycles. The summed E-state index contributed by atoms with van der Waals surface area (Å²) < 4.78 is 0.965. The van der Waals surface area contributed by atoms with Gasteiger partial charge in [0.1, 0.15) is 6.33 Å². The van der Waals surface area contributed by atoms with Crippen LogP contribution in [0.3, 0.4) is 0 Å². The molecule has 0 aliphatic carbocycles. The summed E-state index contributed by atoms with van der Waals surface area (Å²) in [5.74, 6) is -0.588. The summed E-state index contributed by atoms with van der Waals surface area (Å²) >= 11 is 0. The van der Waals surface area contributed by atoms with E-state index in [-0.39, 0.29) is 24.3 Å². The van der Waals surface area contributed by atoms with Gasteiger partial charge in [0.2, 0.25) is 11.8 Å². The molecule has 3 aromatic carbocycles. The van der Waals surface area contributed by atoms with E-state index in [0.29, 0.717) is 17.7 Å². The molecule has 1 aromatic heterocycles. The number of carbonyl (C=O) groups is 3. The third-order valence-electron chi connectivity index (χ3n) is 6.03. The van der Waals surface area contributed by atoms with Gasteiger partial charge in [-0.15, -0.1) is 0 Å². The van der Waals surface area contributed by atoms with Crippen molar-refractivity contribution in [3.63, 3.8) is 0 Å². The van der Waals surface area contributed by atoms with Crippen LogP contribution in [0.4, 0.5) is 10.5 Å². The maximum Gasteiger partial charge on any atom is 0.416 e. The lowest BCUT2D eigenvalue weighted by atomic mass is 10.0. The van der Waals surface area contributed by atoms with Gasteiger partial charge in [-0.05, 0) is 30.0 Å². The van der Waals surface area contributed by atoms with Gasteiger partial charge in [0, 0.05) is 36.7 Å². The molecular weight excluding hydrogens is 468 g/mol. The minimum Gasteiger partial charge on any atom is -0.464 e. The van der Waals surface area contributed by atoms with Crippen LogP contribution in [0.2, 0.25) is 0 Å². The van der Waals surface area contributed by atoms with Crippen molar-refractivity contribution in [2.75, 3.05) is 11.9 Å². The number of nitrogens with zero attached hydrogens (tertiary/aromatic N) is 3. The van der Waals surface area contributed by atoms with Gasteiger partial charge in [0.25, 0.3) is 0 Å². The average molecular weight is 497 g/mol. The summed E-state index contributed by atoms with van der Waals surface area (Å²) in [6.07, 6.45) is 3.46. The number of nitrogens with one attached hydrogen (secondary N) is 1. The smallest absolute Gasteiger partial charge is 0.416 e. The molecule has 0 unspecified atom stereocenters. The van der Waals surface area contributed by atoms with Crippen molar-refractivity contribution in [2.24, 2.45) is 0 Å². The van der Waals surface area contributed by atoms with Gasteiger partial charge in [-0.3, -0.25) is 9.59 Å². The molecule has 0 spiro atoms. The van der Waals surface area contributed by atoms with Crippen LogP contribution in [0.5, 0.6) is 0 Å². The van der Waals surface area contributed by atoms with Crippen LogP contribution in [-0.2, 0) is 16.0 Å². The molecule has 188 valence electrons. The summed E-state index contributed by atoms with van der Waals surface area (Å²) in [5.41, 5.74) is 2.44. The van der Waals surface area contributed by atoms with Crippen molar-refractivity contribution in [2.45, 2.75) is 25.8 Å². The van der Waals surface area contributed by atoms with Crippen LogP contribution in [0.25, 0.3) is 16.8 Å². The molecule has 8 heteroatoms. The molecule has 2 N–H and O–H groups in total. The van der Waals surface area contributed by atoms with Crippen LogP contribution in [0.1, 0.15) is 24.6 Å². The zero-order chi connectivity index (χ0) is 26.4. The molecule has 0 saturated carbocycles. The third-order valence-corrected chi connectivity index (χ3v) is 6.03. The van der Waals surface area contributed by atoms with Gasteiger partial charge in [-0.2, -0.15) is 0 Å². The van der Waals surface area contributed by atoms with Gasteiger partial charge in [0.05, 0.1) is 17.8 Å². The van der Waals surface area contributed by atoms with Gasteiger partial charge in [0.15, 0.2) is 0 Å².